The van der Waals surface area contributed by atoms with Crippen LogP contribution in [0.4, 0.5) is 0 Å². The molecule has 0 saturated heterocycles. The zero-order valence-corrected chi connectivity index (χ0v) is 12.1. The highest BCUT2D eigenvalue weighted by Gasteiger charge is 2.13. The molecule has 0 radical (unpaired) electrons. The standard InChI is InChI=1S/C10H16N4O2S2/c1-7-8(12-6-11-7)4-9(17-2)13-10(18-3)5-14(15)16/h5-6,9,13H,4H2,1-3H3,(H,11,12). The fourth-order valence-corrected chi connectivity index (χ4v) is 2.46. The molecule has 1 unspecified atom stereocenters. The van der Waals surface area contributed by atoms with Crippen molar-refractivity contribution in [1.29, 1.82) is 0 Å². The second-order valence-electron chi connectivity index (χ2n) is 3.53. The van der Waals surface area contributed by atoms with Crippen LogP contribution in [0.2, 0.25) is 0 Å². The number of aromatic nitrogens is 2. The lowest BCUT2D eigenvalue weighted by Crippen LogP contribution is -2.27. The molecule has 1 rings (SSSR count). The number of hydrogen-bond donors (Lipinski definition) is 2. The number of aryl methyl sites for hydroxylation is 1. The zero-order valence-electron chi connectivity index (χ0n) is 10.5. The van der Waals surface area contributed by atoms with Crippen LogP contribution in [0, 0.1) is 17.0 Å². The Bertz CT molecular complexity index is 433. The van der Waals surface area contributed by atoms with Gasteiger partial charge in [-0.3, -0.25) is 10.1 Å². The number of aromatic amines is 1. The van der Waals surface area contributed by atoms with Gasteiger partial charge >= 0.3 is 0 Å². The van der Waals surface area contributed by atoms with Crippen molar-refractivity contribution in [3.63, 3.8) is 0 Å². The van der Waals surface area contributed by atoms with Gasteiger partial charge in [0, 0.05) is 12.1 Å². The number of thioether (sulfide) groups is 2. The summed E-state index contributed by atoms with van der Waals surface area (Å²) in [7, 11) is 0. The maximum atomic E-state index is 10.5. The molecule has 8 heteroatoms. The summed E-state index contributed by atoms with van der Waals surface area (Å²) in [5.74, 6) is 0. The maximum absolute atomic E-state index is 10.5. The number of rotatable bonds is 7. The first kappa shape index (κ1) is 14.9. The van der Waals surface area contributed by atoms with E-state index in [9.17, 15) is 10.1 Å². The zero-order chi connectivity index (χ0) is 13.5. The average Bonchev–Trinajstić information content (AvgIpc) is 2.72. The first-order valence-electron chi connectivity index (χ1n) is 5.24. The Labute approximate surface area is 114 Å². The molecule has 0 aromatic carbocycles. The van der Waals surface area contributed by atoms with E-state index in [-0.39, 0.29) is 5.37 Å². The fraction of sp³-hybridized carbons (Fsp3) is 0.500. The Morgan fingerprint density at radius 3 is 2.89 bits per heavy atom. The van der Waals surface area contributed by atoms with Gasteiger partial charge in [0.2, 0.25) is 0 Å². The Kier molecular flexibility index (Phi) is 6.06. The van der Waals surface area contributed by atoms with Gasteiger partial charge < -0.3 is 10.3 Å². The lowest BCUT2D eigenvalue weighted by molar-refractivity contribution is -0.403. The molecule has 6 nitrogen and oxygen atoms in total. The van der Waals surface area contributed by atoms with Crippen LogP contribution in [0.3, 0.4) is 0 Å². The highest BCUT2D eigenvalue weighted by Crippen LogP contribution is 2.17. The van der Waals surface area contributed by atoms with Gasteiger partial charge in [0.25, 0.3) is 6.20 Å². The van der Waals surface area contributed by atoms with Crippen LogP contribution < -0.4 is 5.32 Å². The molecule has 18 heavy (non-hydrogen) atoms. The van der Waals surface area contributed by atoms with Crippen molar-refractivity contribution in [1.82, 2.24) is 15.3 Å². The van der Waals surface area contributed by atoms with Crippen molar-refractivity contribution in [2.75, 3.05) is 12.5 Å². The normalized spacial score (nSPS) is 13.4. The predicted octanol–water partition coefficient (Wildman–Crippen LogP) is 1.98. The van der Waals surface area contributed by atoms with Crippen LogP contribution in [0.25, 0.3) is 0 Å². The number of nitro groups is 1. The number of H-pyrrole nitrogens is 1. The van der Waals surface area contributed by atoms with Crippen molar-refractivity contribution in [3.8, 4) is 0 Å². The number of nitrogens with one attached hydrogen (secondary N) is 2. The molecule has 1 heterocycles. The van der Waals surface area contributed by atoms with E-state index in [0.29, 0.717) is 11.4 Å². The summed E-state index contributed by atoms with van der Waals surface area (Å²) < 4.78 is 0. The maximum Gasteiger partial charge on any atom is 0.263 e. The first-order chi connectivity index (χ1) is 8.56. The van der Waals surface area contributed by atoms with Crippen LogP contribution in [0.5, 0.6) is 0 Å². The third kappa shape index (κ3) is 4.61. The second-order valence-corrected chi connectivity index (χ2v) is 5.42. The molecule has 1 aromatic rings. The second kappa shape index (κ2) is 7.32. The van der Waals surface area contributed by atoms with Crippen LogP contribution in [-0.4, -0.2) is 32.8 Å². The number of imidazole rings is 1. The molecule has 100 valence electrons. The SMILES string of the molecule is CSC(=C[N+](=O)[O-])NC(Cc1nc[nH]c1C)SC. The van der Waals surface area contributed by atoms with Crippen LogP contribution >= 0.6 is 23.5 Å². The van der Waals surface area contributed by atoms with Crippen LogP contribution in [0.1, 0.15) is 11.4 Å². The summed E-state index contributed by atoms with van der Waals surface area (Å²) in [5, 5.41) is 14.2. The van der Waals surface area contributed by atoms with Crippen molar-refractivity contribution < 1.29 is 4.92 Å². The molecule has 1 atom stereocenters. The van der Waals surface area contributed by atoms with Crippen LogP contribution in [0.15, 0.2) is 17.6 Å². The van der Waals surface area contributed by atoms with Crippen molar-refractivity contribution in [3.05, 3.63) is 39.1 Å². The minimum atomic E-state index is -0.448. The van der Waals surface area contributed by atoms with Crippen molar-refractivity contribution in [2.24, 2.45) is 0 Å². The van der Waals surface area contributed by atoms with E-state index in [2.05, 4.69) is 15.3 Å². The first-order valence-corrected chi connectivity index (χ1v) is 7.75. The molecule has 0 aliphatic rings. The molecular weight excluding hydrogens is 272 g/mol. The van der Waals surface area contributed by atoms with Gasteiger partial charge in [-0.1, -0.05) is 0 Å². The summed E-state index contributed by atoms with van der Waals surface area (Å²) in [6.07, 6.45) is 7.13. The topological polar surface area (TPSA) is 83.8 Å². The van der Waals surface area contributed by atoms with E-state index in [1.807, 2.05) is 13.2 Å². The van der Waals surface area contributed by atoms with E-state index in [1.54, 1.807) is 24.3 Å². The smallest absolute Gasteiger partial charge is 0.263 e. The van der Waals surface area contributed by atoms with Gasteiger partial charge in [-0.05, 0) is 19.4 Å². The third-order valence-corrected chi connectivity index (χ3v) is 3.86. The van der Waals surface area contributed by atoms with Crippen molar-refractivity contribution in [2.45, 2.75) is 18.7 Å². The summed E-state index contributed by atoms with van der Waals surface area (Å²) in [6.45, 7) is 1.96. The summed E-state index contributed by atoms with van der Waals surface area (Å²) in [6, 6.07) is 0. The van der Waals surface area contributed by atoms with Gasteiger partial charge in [0.05, 0.1) is 22.3 Å². The van der Waals surface area contributed by atoms with Gasteiger partial charge in [0.1, 0.15) is 5.03 Å². The minimum Gasteiger partial charge on any atom is -0.363 e. The van der Waals surface area contributed by atoms with E-state index < -0.39 is 4.92 Å². The van der Waals surface area contributed by atoms with E-state index in [1.165, 1.54) is 11.8 Å². The van der Waals surface area contributed by atoms with E-state index >= 15 is 0 Å². The number of hydrogen-bond acceptors (Lipinski definition) is 6. The molecular formula is C10H16N4O2S2. The fourth-order valence-electron chi connectivity index (χ4n) is 1.37. The Balaban J connectivity index is 2.67. The van der Waals surface area contributed by atoms with Crippen molar-refractivity contribution >= 4 is 23.5 Å². The Morgan fingerprint density at radius 1 is 1.72 bits per heavy atom. The minimum absolute atomic E-state index is 0.0608. The average molecular weight is 288 g/mol. The van der Waals surface area contributed by atoms with Crippen LogP contribution in [-0.2, 0) is 6.42 Å². The number of nitrogens with zero attached hydrogens (tertiary/aromatic N) is 2. The molecule has 2 N–H and O–H groups in total. The van der Waals surface area contributed by atoms with Gasteiger partial charge in [-0.15, -0.1) is 23.5 Å². The summed E-state index contributed by atoms with van der Waals surface area (Å²) in [4.78, 5) is 17.3. The molecule has 0 aliphatic heterocycles. The third-order valence-electron chi connectivity index (χ3n) is 2.34. The summed E-state index contributed by atoms with van der Waals surface area (Å²) in [5.41, 5.74) is 2.00. The lowest BCUT2D eigenvalue weighted by Gasteiger charge is -2.17. The highest BCUT2D eigenvalue weighted by atomic mass is 32.2. The monoisotopic (exact) mass is 288 g/mol. The van der Waals surface area contributed by atoms with E-state index in [0.717, 1.165) is 17.6 Å². The molecule has 0 fully saturated rings. The predicted molar refractivity (Wildman–Crippen MR) is 76.1 cm³/mol. The Hall–Kier alpha value is -1.15. The molecule has 0 bridgehead atoms. The molecule has 0 amide bonds. The Morgan fingerprint density at radius 2 is 2.44 bits per heavy atom. The molecule has 1 aromatic heterocycles. The molecule has 0 saturated carbocycles. The largest absolute Gasteiger partial charge is 0.363 e. The molecule has 0 spiro atoms. The van der Waals surface area contributed by atoms with E-state index in [4.69, 9.17) is 0 Å². The quantitative estimate of drug-likeness (QED) is 0.453. The lowest BCUT2D eigenvalue weighted by atomic mass is 10.2. The highest BCUT2D eigenvalue weighted by molar-refractivity contribution is 8.02. The van der Waals surface area contributed by atoms with Gasteiger partial charge in [-0.2, -0.15) is 0 Å². The van der Waals surface area contributed by atoms with Gasteiger partial charge in [0.15, 0.2) is 0 Å². The van der Waals surface area contributed by atoms with Gasteiger partial charge in [-0.25, -0.2) is 4.98 Å². The molecule has 0 aliphatic carbocycles. The summed E-state index contributed by atoms with van der Waals surface area (Å²) >= 11 is 2.93.